The number of rotatable bonds is 3. The molecule has 0 radical (unpaired) electrons. The molecule has 3 heterocycles. The summed E-state index contributed by atoms with van der Waals surface area (Å²) in [4.78, 5) is 32.9. The van der Waals surface area contributed by atoms with Crippen LogP contribution < -0.4 is 10.6 Å². The largest absolute Gasteiger partial charge is 0.326 e. The number of carbonyl (C=O) groups excluding carboxylic acids is 2. The lowest BCUT2D eigenvalue weighted by atomic mass is 9.98. The van der Waals surface area contributed by atoms with Crippen LogP contribution in [0.3, 0.4) is 0 Å². The van der Waals surface area contributed by atoms with Crippen molar-refractivity contribution in [1.82, 2.24) is 25.1 Å². The van der Waals surface area contributed by atoms with Crippen LogP contribution in [0.1, 0.15) is 41.5 Å². The van der Waals surface area contributed by atoms with Crippen molar-refractivity contribution in [2.45, 2.75) is 26.7 Å². The lowest BCUT2D eigenvalue weighted by molar-refractivity contribution is 0.0962. The summed E-state index contributed by atoms with van der Waals surface area (Å²) in [5.41, 5.74) is 2.80. The van der Waals surface area contributed by atoms with Gasteiger partial charge >= 0.3 is 6.03 Å². The lowest BCUT2D eigenvalue weighted by Gasteiger charge is -2.11. The van der Waals surface area contributed by atoms with Gasteiger partial charge in [0.2, 0.25) is 0 Å². The molecule has 0 spiro atoms. The Morgan fingerprint density at radius 3 is 2.36 bits per heavy atom. The van der Waals surface area contributed by atoms with E-state index in [1.54, 1.807) is 17.8 Å². The van der Waals surface area contributed by atoms with Crippen molar-refractivity contribution in [2.75, 3.05) is 5.32 Å². The summed E-state index contributed by atoms with van der Waals surface area (Å²) in [5, 5.41) is 10.3. The van der Waals surface area contributed by atoms with Crippen LogP contribution >= 0.6 is 23.2 Å². The fraction of sp³-hybridized carbons (Fsp3) is 0.278. The molecule has 0 saturated heterocycles. The van der Waals surface area contributed by atoms with Crippen molar-refractivity contribution < 1.29 is 9.59 Å². The fourth-order valence-corrected chi connectivity index (χ4v) is 3.38. The minimum absolute atomic E-state index is 0.120. The number of fused-ring (bicyclic) bond motifs is 1. The molecular formula is C18H18Cl2N6O2. The molecule has 0 atom stereocenters. The quantitative estimate of drug-likeness (QED) is 0.621. The molecule has 3 aromatic heterocycles. The second kappa shape index (κ2) is 7.73. The Morgan fingerprint density at radius 1 is 1.11 bits per heavy atom. The van der Waals surface area contributed by atoms with Gasteiger partial charge in [-0.25, -0.2) is 14.8 Å². The Hall–Kier alpha value is -2.71. The maximum Gasteiger partial charge on any atom is 0.326 e. The van der Waals surface area contributed by atoms with Gasteiger partial charge in [-0.15, -0.1) is 0 Å². The second-order valence-corrected chi connectivity index (χ2v) is 7.34. The smallest absolute Gasteiger partial charge is 0.307 e. The molecule has 8 nitrogen and oxygen atoms in total. The number of anilines is 1. The van der Waals surface area contributed by atoms with E-state index >= 15 is 0 Å². The highest BCUT2D eigenvalue weighted by Gasteiger charge is 2.20. The summed E-state index contributed by atoms with van der Waals surface area (Å²) in [6.07, 6.45) is 0. The number of nitrogens with zero attached hydrogens (tertiary/aromatic N) is 4. The Bertz CT molecular complexity index is 1070. The van der Waals surface area contributed by atoms with Gasteiger partial charge in [0.25, 0.3) is 5.91 Å². The summed E-state index contributed by atoms with van der Waals surface area (Å²) in [6.45, 7) is 5.94. The van der Waals surface area contributed by atoms with Gasteiger partial charge in [-0.3, -0.25) is 14.8 Å². The summed E-state index contributed by atoms with van der Waals surface area (Å²) >= 11 is 11.6. The number of hydrogen-bond acceptors (Lipinski definition) is 5. The SMILES string of the molecule is Cc1nn(C)c2nc(C(=O)NC(=O)Nc3cc(Cl)nc(Cl)c3)cc(C(C)C)c12. The normalized spacial score (nSPS) is 11.1. The van der Waals surface area contributed by atoms with Gasteiger partial charge in [0.1, 0.15) is 16.0 Å². The second-order valence-electron chi connectivity index (χ2n) is 6.57. The number of aryl methyl sites for hydroxylation is 2. The number of pyridine rings is 2. The lowest BCUT2D eigenvalue weighted by Crippen LogP contribution is -2.35. The van der Waals surface area contributed by atoms with E-state index in [2.05, 4.69) is 25.7 Å². The molecular weight excluding hydrogens is 403 g/mol. The number of imide groups is 1. The van der Waals surface area contributed by atoms with Gasteiger partial charge in [0.15, 0.2) is 5.65 Å². The van der Waals surface area contributed by atoms with E-state index in [-0.39, 0.29) is 21.9 Å². The topological polar surface area (TPSA) is 102 Å². The number of aromatic nitrogens is 4. The molecule has 0 saturated carbocycles. The zero-order chi connectivity index (χ0) is 20.6. The van der Waals surface area contributed by atoms with Crippen molar-refractivity contribution >= 4 is 51.9 Å². The molecule has 3 rings (SSSR count). The molecule has 10 heteroatoms. The molecule has 0 aliphatic heterocycles. The maximum atomic E-state index is 12.6. The van der Waals surface area contributed by atoms with Crippen molar-refractivity contribution in [3.8, 4) is 0 Å². The molecule has 146 valence electrons. The fourth-order valence-electron chi connectivity index (χ4n) is 2.92. The van der Waals surface area contributed by atoms with Crippen molar-refractivity contribution in [3.05, 3.63) is 45.5 Å². The summed E-state index contributed by atoms with van der Waals surface area (Å²) < 4.78 is 1.62. The van der Waals surface area contributed by atoms with E-state index in [4.69, 9.17) is 23.2 Å². The van der Waals surface area contributed by atoms with Crippen LogP contribution in [0.2, 0.25) is 10.3 Å². The van der Waals surface area contributed by atoms with Crippen LogP contribution in [-0.2, 0) is 7.05 Å². The molecule has 0 fully saturated rings. The average Bonchev–Trinajstić information content (AvgIpc) is 2.87. The van der Waals surface area contributed by atoms with E-state index in [0.717, 1.165) is 16.6 Å². The van der Waals surface area contributed by atoms with Gasteiger partial charge < -0.3 is 5.32 Å². The number of halogens is 2. The molecule has 2 N–H and O–H groups in total. The Balaban J connectivity index is 1.87. The molecule has 3 amide bonds. The molecule has 0 aromatic carbocycles. The van der Waals surface area contributed by atoms with Gasteiger partial charge in [-0.2, -0.15) is 5.10 Å². The molecule has 0 unspecified atom stereocenters. The van der Waals surface area contributed by atoms with Gasteiger partial charge in [0.05, 0.1) is 5.69 Å². The predicted octanol–water partition coefficient (Wildman–Crippen LogP) is 4.06. The highest BCUT2D eigenvalue weighted by Crippen LogP contribution is 2.27. The van der Waals surface area contributed by atoms with Crippen molar-refractivity contribution in [2.24, 2.45) is 7.05 Å². The zero-order valence-corrected chi connectivity index (χ0v) is 17.2. The Labute approximate surface area is 171 Å². The summed E-state index contributed by atoms with van der Waals surface area (Å²) in [7, 11) is 1.76. The van der Waals surface area contributed by atoms with Gasteiger partial charge in [-0.1, -0.05) is 37.0 Å². The molecule has 0 bridgehead atoms. The van der Waals surface area contributed by atoms with Gasteiger partial charge in [0, 0.05) is 18.1 Å². The monoisotopic (exact) mass is 420 g/mol. The number of nitrogens with one attached hydrogen (secondary N) is 2. The highest BCUT2D eigenvalue weighted by molar-refractivity contribution is 6.33. The molecule has 0 aliphatic carbocycles. The third-order valence-electron chi connectivity index (χ3n) is 4.10. The third kappa shape index (κ3) is 4.07. The standard InChI is InChI=1S/C18H18Cl2N6O2/c1-8(2)11-7-12(22-16-15(11)9(3)25-26(16)4)17(27)24-18(28)21-10-5-13(19)23-14(20)6-10/h5-8H,1-4H3,(H2,21,23,24,27,28). The Morgan fingerprint density at radius 2 is 1.75 bits per heavy atom. The van der Waals surface area contributed by atoms with E-state index < -0.39 is 11.9 Å². The van der Waals surface area contributed by atoms with E-state index in [1.165, 1.54) is 12.1 Å². The predicted molar refractivity (Wildman–Crippen MR) is 108 cm³/mol. The minimum Gasteiger partial charge on any atom is -0.307 e. The first-order chi connectivity index (χ1) is 13.2. The van der Waals surface area contributed by atoms with Crippen LogP contribution in [0.15, 0.2) is 18.2 Å². The number of urea groups is 1. The summed E-state index contributed by atoms with van der Waals surface area (Å²) in [5.74, 6) is -0.485. The van der Waals surface area contributed by atoms with E-state index in [9.17, 15) is 9.59 Å². The van der Waals surface area contributed by atoms with E-state index in [1.807, 2.05) is 20.8 Å². The number of amides is 3. The average molecular weight is 421 g/mol. The van der Waals surface area contributed by atoms with Crippen LogP contribution in [0.5, 0.6) is 0 Å². The molecule has 0 aliphatic rings. The van der Waals surface area contributed by atoms with Crippen LogP contribution in [0.4, 0.5) is 10.5 Å². The number of hydrogen-bond donors (Lipinski definition) is 2. The summed E-state index contributed by atoms with van der Waals surface area (Å²) in [6, 6.07) is 3.77. The minimum atomic E-state index is -0.738. The molecule has 28 heavy (non-hydrogen) atoms. The maximum absolute atomic E-state index is 12.6. The van der Waals surface area contributed by atoms with Crippen molar-refractivity contribution in [3.63, 3.8) is 0 Å². The highest BCUT2D eigenvalue weighted by atomic mass is 35.5. The first kappa shape index (κ1) is 20.0. The first-order valence-corrected chi connectivity index (χ1v) is 9.21. The van der Waals surface area contributed by atoms with Crippen LogP contribution in [0.25, 0.3) is 11.0 Å². The molecule has 3 aromatic rings. The first-order valence-electron chi connectivity index (χ1n) is 8.45. The van der Waals surface area contributed by atoms with Crippen molar-refractivity contribution in [1.29, 1.82) is 0 Å². The van der Waals surface area contributed by atoms with Crippen LogP contribution in [-0.4, -0.2) is 31.7 Å². The number of carbonyl (C=O) groups is 2. The zero-order valence-electron chi connectivity index (χ0n) is 15.7. The van der Waals surface area contributed by atoms with E-state index in [0.29, 0.717) is 11.3 Å². The van der Waals surface area contributed by atoms with Crippen LogP contribution in [0, 0.1) is 6.92 Å². The third-order valence-corrected chi connectivity index (χ3v) is 4.49. The van der Waals surface area contributed by atoms with Gasteiger partial charge in [-0.05, 0) is 36.6 Å². The Kier molecular flexibility index (Phi) is 5.53.